The molecule has 1 N–H and O–H groups in total. The number of carbonyl (C=O) groups is 1. The molecule has 2 heterocycles. The predicted molar refractivity (Wildman–Crippen MR) is 78.8 cm³/mol. The largest absolute Gasteiger partial charge is 0.369 e. The highest BCUT2D eigenvalue weighted by molar-refractivity contribution is 5.92. The fourth-order valence-electron chi connectivity index (χ4n) is 2.47. The minimum Gasteiger partial charge on any atom is -0.369 e. The minimum atomic E-state index is -0.0243. The van der Waals surface area contributed by atoms with Gasteiger partial charge in [0, 0.05) is 32.2 Å². The molecule has 1 aliphatic heterocycles. The van der Waals surface area contributed by atoms with E-state index in [-0.39, 0.29) is 5.91 Å². The molecule has 0 aliphatic carbocycles. The number of rotatable bonds is 4. The van der Waals surface area contributed by atoms with Gasteiger partial charge < -0.3 is 10.2 Å². The zero-order valence-electron chi connectivity index (χ0n) is 12.5. The van der Waals surface area contributed by atoms with E-state index in [4.69, 9.17) is 0 Å². The number of hydrogen-bond donors (Lipinski definition) is 1. The van der Waals surface area contributed by atoms with Gasteiger partial charge in [-0.25, -0.2) is 4.98 Å². The molecule has 1 fully saturated rings. The van der Waals surface area contributed by atoms with Gasteiger partial charge in [0.25, 0.3) is 5.91 Å². The highest BCUT2D eigenvalue weighted by Gasteiger charge is 2.27. The Balaban J connectivity index is 2.09. The van der Waals surface area contributed by atoms with Gasteiger partial charge in [0.2, 0.25) is 0 Å². The molecule has 0 saturated carbocycles. The molecule has 0 bridgehead atoms. The van der Waals surface area contributed by atoms with Crippen molar-refractivity contribution in [3.63, 3.8) is 0 Å². The van der Waals surface area contributed by atoms with Gasteiger partial charge in [-0.1, -0.05) is 6.92 Å². The fourth-order valence-corrected chi connectivity index (χ4v) is 2.47. The highest BCUT2D eigenvalue weighted by atomic mass is 16.2. The van der Waals surface area contributed by atoms with Crippen LogP contribution in [0.2, 0.25) is 0 Å². The van der Waals surface area contributed by atoms with Crippen LogP contribution in [-0.4, -0.2) is 64.9 Å². The maximum atomic E-state index is 12.5. The molecule has 1 atom stereocenters. The van der Waals surface area contributed by atoms with Gasteiger partial charge in [-0.05, 0) is 20.4 Å². The number of carbonyl (C=O) groups excluding carboxylic acids is 1. The molecule has 1 saturated heterocycles. The standard InChI is InChI=1S/C14H23N5O/c1-4-11-10-19(7-6-18(11)3)14(20)12-8-15-9-13(17-12)16-5-2/h8-9,11H,4-7,10H2,1-3H3,(H,16,17). The molecule has 20 heavy (non-hydrogen) atoms. The van der Waals surface area contributed by atoms with Crippen molar-refractivity contribution in [2.45, 2.75) is 26.3 Å². The lowest BCUT2D eigenvalue weighted by atomic mass is 10.1. The topological polar surface area (TPSA) is 61.4 Å². The summed E-state index contributed by atoms with van der Waals surface area (Å²) in [6.07, 6.45) is 4.23. The third-order valence-corrected chi connectivity index (χ3v) is 3.75. The minimum absolute atomic E-state index is 0.0243. The van der Waals surface area contributed by atoms with Crippen LogP contribution in [0.5, 0.6) is 0 Å². The van der Waals surface area contributed by atoms with E-state index in [0.29, 0.717) is 17.6 Å². The summed E-state index contributed by atoms with van der Waals surface area (Å²) in [6.45, 7) is 7.32. The van der Waals surface area contributed by atoms with Gasteiger partial charge in [-0.15, -0.1) is 0 Å². The van der Waals surface area contributed by atoms with E-state index in [1.807, 2.05) is 11.8 Å². The predicted octanol–water partition coefficient (Wildman–Crippen LogP) is 1.07. The second kappa shape index (κ2) is 6.65. The normalized spacial score (nSPS) is 19.9. The Kier molecular flexibility index (Phi) is 4.89. The molecule has 110 valence electrons. The lowest BCUT2D eigenvalue weighted by molar-refractivity contribution is 0.0536. The number of anilines is 1. The van der Waals surface area contributed by atoms with Crippen LogP contribution < -0.4 is 5.32 Å². The van der Waals surface area contributed by atoms with E-state index < -0.39 is 0 Å². The Morgan fingerprint density at radius 1 is 1.40 bits per heavy atom. The maximum Gasteiger partial charge on any atom is 0.274 e. The summed E-state index contributed by atoms with van der Waals surface area (Å²) in [6, 6.07) is 0.428. The first-order valence-corrected chi connectivity index (χ1v) is 7.21. The fraction of sp³-hybridized carbons (Fsp3) is 0.643. The number of nitrogens with one attached hydrogen (secondary N) is 1. The van der Waals surface area contributed by atoms with Gasteiger partial charge in [0.15, 0.2) is 0 Å². The molecule has 6 nitrogen and oxygen atoms in total. The summed E-state index contributed by atoms with van der Waals surface area (Å²) in [5, 5.41) is 3.08. The van der Waals surface area contributed by atoms with Crippen LogP contribution >= 0.6 is 0 Å². The van der Waals surface area contributed by atoms with E-state index in [1.54, 1.807) is 12.4 Å². The number of piperazine rings is 1. The number of aromatic nitrogens is 2. The van der Waals surface area contributed by atoms with Crippen molar-refractivity contribution in [1.29, 1.82) is 0 Å². The van der Waals surface area contributed by atoms with E-state index in [0.717, 1.165) is 32.6 Å². The second-order valence-electron chi connectivity index (χ2n) is 5.11. The number of amides is 1. The molecule has 2 rings (SSSR count). The highest BCUT2D eigenvalue weighted by Crippen LogP contribution is 2.13. The third-order valence-electron chi connectivity index (χ3n) is 3.75. The Bertz CT molecular complexity index is 465. The van der Waals surface area contributed by atoms with Crippen LogP contribution in [0.3, 0.4) is 0 Å². The smallest absolute Gasteiger partial charge is 0.274 e. The average molecular weight is 277 g/mol. The summed E-state index contributed by atoms with van der Waals surface area (Å²) in [7, 11) is 2.11. The SMILES string of the molecule is CCNc1cncc(C(=O)N2CCN(C)C(CC)C2)n1. The van der Waals surface area contributed by atoms with Gasteiger partial charge in [0.1, 0.15) is 11.5 Å². The van der Waals surface area contributed by atoms with Gasteiger partial charge >= 0.3 is 0 Å². The van der Waals surface area contributed by atoms with Crippen molar-refractivity contribution >= 4 is 11.7 Å². The quantitative estimate of drug-likeness (QED) is 0.892. The summed E-state index contributed by atoms with van der Waals surface area (Å²) < 4.78 is 0. The van der Waals surface area contributed by atoms with Crippen molar-refractivity contribution in [3.05, 3.63) is 18.1 Å². The molecule has 1 aliphatic rings. The van der Waals surface area contributed by atoms with Gasteiger partial charge in [0.05, 0.1) is 12.4 Å². The molecule has 1 amide bonds. The number of nitrogens with zero attached hydrogens (tertiary/aromatic N) is 4. The van der Waals surface area contributed by atoms with E-state index >= 15 is 0 Å². The molecule has 0 radical (unpaired) electrons. The van der Waals surface area contributed by atoms with Crippen molar-refractivity contribution in [1.82, 2.24) is 19.8 Å². The Morgan fingerprint density at radius 2 is 2.20 bits per heavy atom. The summed E-state index contributed by atoms with van der Waals surface area (Å²) in [5.74, 6) is 0.628. The van der Waals surface area contributed by atoms with Crippen LogP contribution in [0, 0.1) is 0 Å². The Labute approximate surface area is 120 Å². The maximum absolute atomic E-state index is 12.5. The van der Waals surface area contributed by atoms with E-state index in [1.165, 1.54) is 0 Å². The van der Waals surface area contributed by atoms with E-state index in [9.17, 15) is 4.79 Å². The lowest BCUT2D eigenvalue weighted by Gasteiger charge is -2.38. The monoisotopic (exact) mass is 277 g/mol. The molecule has 1 aromatic rings. The third kappa shape index (κ3) is 3.25. The Hall–Kier alpha value is -1.69. The van der Waals surface area contributed by atoms with Crippen molar-refractivity contribution in [2.75, 3.05) is 38.5 Å². The molecule has 1 aromatic heterocycles. The first-order valence-electron chi connectivity index (χ1n) is 7.21. The molecule has 6 heteroatoms. The molecule has 1 unspecified atom stereocenters. The molecule has 0 aromatic carbocycles. The molecular formula is C14H23N5O. The number of hydrogen-bond acceptors (Lipinski definition) is 5. The number of likely N-dealkylation sites (N-methyl/N-ethyl adjacent to an activating group) is 1. The molecular weight excluding hydrogens is 254 g/mol. The van der Waals surface area contributed by atoms with Crippen LogP contribution in [0.25, 0.3) is 0 Å². The zero-order valence-corrected chi connectivity index (χ0v) is 12.5. The van der Waals surface area contributed by atoms with Gasteiger partial charge in [-0.2, -0.15) is 0 Å². The van der Waals surface area contributed by atoms with Crippen molar-refractivity contribution in [2.24, 2.45) is 0 Å². The summed E-state index contributed by atoms with van der Waals surface area (Å²) in [4.78, 5) is 25.1. The second-order valence-corrected chi connectivity index (χ2v) is 5.11. The van der Waals surface area contributed by atoms with Crippen LogP contribution in [-0.2, 0) is 0 Å². The zero-order chi connectivity index (χ0) is 14.5. The lowest BCUT2D eigenvalue weighted by Crippen LogP contribution is -2.53. The van der Waals surface area contributed by atoms with Crippen LogP contribution in [0.15, 0.2) is 12.4 Å². The van der Waals surface area contributed by atoms with Gasteiger partial charge in [-0.3, -0.25) is 14.7 Å². The average Bonchev–Trinajstić information content (AvgIpc) is 2.48. The first kappa shape index (κ1) is 14.7. The van der Waals surface area contributed by atoms with Crippen LogP contribution in [0.1, 0.15) is 30.8 Å². The first-order chi connectivity index (χ1) is 9.65. The summed E-state index contributed by atoms with van der Waals surface area (Å²) >= 11 is 0. The van der Waals surface area contributed by atoms with Crippen molar-refractivity contribution < 1.29 is 4.79 Å². The summed E-state index contributed by atoms with van der Waals surface area (Å²) in [5.41, 5.74) is 0.419. The molecule has 0 spiro atoms. The van der Waals surface area contributed by atoms with Crippen molar-refractivity contribution in [3.8, 4) is 0 Å². The van der Waals surface area contributed by atoms with Crippen LogP contribution in [0.4, 0.5) is 5.82 Å². The van der Waals surface area contributed by atoms with E-state index in [2.05, 4.69) is 34.2 Å². The Morgan fingerprint density at radius 3 is 2.90 bits per heavy atom.